The van der Waals surface area contributed by atoms with Crippen LogP contribution in [0.25, 0.3) is 0 Å². The van der Waals surface area contributed by atoms with Crippen molar-refractivity contribution < 1.29 is 9.47 Å². The van der Waals surface area contributed by atoms with E-state index >= 15 is 0 Å². The normalized spacial score (nSPS) is 21.5. The Morgan fingerprint density at radius 2 is 2.40 bits per heavy atom. The zero-order valence-corrected chi connectivity index (χ0v) is 5.76. The predicted octanol–water partition coefficient (Wildman–Crippen LogP) is 1.72. The molecule has 0 aromatic rings. The van der Waals surface area contributed by atoms with Crippen molar-refractivity contribution in [2.45, 2.75) is 6.92 Å². The molecule has 0 unspecified atom stereocenters. The third kappa shape index (κ3) is 0.652. The van der Waals surface area contributed by atoms with E-state index in [1.807, 2.05) is 19.1 Å². The molecule has 2 aliphatic heterocycles. The summed E-state index contributed by atoms with van der Waals surface area (Å²) in [6.07, 6.45) is 5.63. The van der Waals surface area contributed by atoms with Crippen molar-refractivity contribution in [2.75, 3.05) is 6.61 Å². The van der Waals surface area contributed by atoms with E-state index in [0.29, 0.717) is 6.61 Å². The molecule has 0 aromatic heterocycles. The summed E-state index contributed by atoms with van der Waals surface area (Å²) in [7, 11) is 0. The van der Waals surface area contributed by atoms with Crippen LogP contribution in [0.15, 0.2) is 35.5 Å². The fraction of sp³-hybridized carbons (Fsp3) is 0.250. The van der Waals surface area contributed by atoms with Crippen molar-refractivity contribution >= 4 is 0 Å². The topological polar surface area (TPSA) is 18.5 Å². The molecule has 10 heavy (non-hydrogen) atoms. The minimum atomic E-state index is 0.676. The molecule has 0 bridgehead atoms. The molecule has 0 aliphatic carbocycles. The van der Waals surface area contributed by atoms with E-state index in [1.54, 1.807) is 6.26 Å². The molecule has 0 fully saturated rings. The van der Waals surface area contributed by atoms with Gasteiger partial charge in [-0.2, -0.15) is 0 Å². The first-order chi connectivity index (χ1) is 4.88. The average Bonchev–Trinajstić information content (AvgIpc) is 2.36. The molecule has 0 saturated carbocycles. The fourth-order valence-corrected chi connectivity index (χ4v) is 1.10. The summed E-state index contributed by atoms with van der Waals surface area (Å²) in [5.41, 5.74) is 1.14. The van der Waals surface area contributed by atoms with Gasteiger partial charge in [0.15, 0.2) is 5.76 Å². The van der Waals surface area contributed by atoms with E-state index < -0.39 is 0 Å². The molecular weight excluding hydrogens is 128 g/mol. The van der Waals surface area contributed by atoms with Crippen LogP contribution in [0.3, 0.4) is 0 Å². The lowest BCUT2D eigenvalue weighted by molar-refractivity contribution is 0.233. The number of rotatable bonds is 0. The van der Waals surface area contributed by atoms with Gasteiger partial charge in [-0.3, -0.25) is 0 Å². The van der Waals surface area contributed by atoms with E-state index in [-0.39, 0.29) is 0 Å². The first kappa shape index (κ1) is 5.59. The zero-order valence-electron chi connectivity index (χ0n) is 5.76. The van der Waals surface area contributed by atoms with Crippen LogP contribution in [0.4, 0.5) is 0 Å². The molecule has 0 spiro atoms. The van der Waals surface area contributed by atoms with Gasteiger partial charge in [0.05, 0.1) is 6.26 Å². The second-order valence-electron chi connectivity index (χ2n) is 2.28. The lowest BCUT2D eigenvalue weighted by Gasteiger charge is -2.10. The van der Waals surface area contributed by atoms with Gasteiger partial charge in [-0.15, -0.1) is 0 Å². The molecular formula is C8H8O2. The third-order valence-electron chi connectivity index (χ3n) is 1.61. The van der Waals surface area contributed by atoms with Crippen LogP contribution in [-0.2, 0) is 9.47 Å². The van der Waals surface area contributed by atoms with Crippen molar-refractivity contribution in [1.29, 1.82) is 0 Å². The highest BCUT2D eigenvalue weighted by Crippen LogP contribution is 2.27. The molecule has 0 amide bonds. The third-order valence-corrected chi connectivity index (χ3v) is 1.61. The van der Waals surface area contributed by atoms with Crippen molar-refractivity contribution in [3.63, 3.8) is 0 Å². The zero-order chi connectivity index (χ0) is 6.97. The number of hydrogen-bond acceptors (Lipinski definition) is 2. The lowest BCUT2D eigenvalue weighted by atomic mass is 10.2. The van der Waals surface area contributed by atoms with Gasteiger partial charge in [-0.1, -0.05) is 0 Å². The van der Waals surface area contributed by atoms with E-state index in [2.05, 4.69) is 0 Å². The summed E-state index contributed by atoms with van der Waals surface area (Å²) in [4.78, 5) is 0. The van der Waals surface area contributed by atoms with Crippen LogP contribution in [-0.4, -0.2) is 6.61 Å². The fourth-order valence-electron chi connectivity index (χ4n) is 1.10. The Bertz CT molecular complexity index is 246. The summed E-state index contributed by atoms with van der Waals surface area (Å²) in [5, 5.41) is 0. The maximum atomic E-state index is 5.28. The number of ether oxygens (including phenoxy) is 2. The summed E-state index contributed by atoms with van der Waals surface area (Å²) in [6, 6.07) is 0. The lowest BCUT2D eigenvalue weighted by Crippen LogP contribution is -1.96. The monoisotopic (exact) mass is 136 g/mol. The van der Waals surface area contributed by atoms with Crippen molar-refractivity contribution in [2.24, 2.45) is 0 Å². The number of allylic oxidation sites excluding steroid dienone is 2. The van der Waals surface area contributed by atoms with Crippen LogP contribution in [0.2, 0.25) is 0 Å². The SMILES string of the molecule is CC1=C2OCC=C2C=CO1. The maximum absolute atomic E-state index is 5.28. The van der Waals surface area contributed by atoms with E-state index in [0.717, 1.165) is 17.1 Å². The molecule has 0 saturated heterocycles. The highest BCUT2D eigenvalue weighted by atomic mass is 16.5. The van der Waals surface area contributed by atoms with Crippen LogP contribution in [0.5, 0.6) is 0 Å². The molecule has 0 atom stereocenters. The molecule has 0 radical (unpaired) electrons. The Balaban J connectivity index is 2.44. The Kier molecular flexibility index (Phi) is 1.07. The van der Waals surface area contributed by atoms with Gasteiger partial charge in [0, 0.05) is 5.57 Å². The van der Waals surface area contributed by atoms with Gasteiger partial charge >= 0.3 is 0 Å². The first-order valence-corrected chi connectivity index (χ1v) is 3.25. The van der Waals surface area contributed by atoms with Gasteiger partial charge in [-0.05, 0) is 19.1 Å². The van der Waals surface area contributed by atoms with Crippen LogP contribution in [0, 0.1) is 0 Å². The van der Waals surface area contributed by atoms with Crippen molar-refractivity contribution in [3.05, 3.63) is 35.5 Å². The Morgan fingerprint density at radius 1 is 1.50 bits per heavy atom. The highest BCUT2D eigenvalue weighted by Gasteiger charge is 2.17. The van der Waals surface area contributed by atoms with Crippen LogP contribution < -0.4 is 0 Å². The highest BCUT2D eigenvalue weighted by molar-refractivity contribution is 5.42. The minimum absolute atomic E-state index is 0.676. The quantitative estimate of drug-likeness (QED) is 0.504. The molecule has 2 aliphatic rings. The molecule has 0 aromatic carbocycles. The average molecular weight is 136 g/mol. The van der Waals surface area contributed by atoms with Crippen LogP contribution in [0.1, 0.15) is 6.92 Å². The maximum Gasteiger partial charge on any atom is 0.164 e. The summed E-state index contributed by atoms with van der Waals surface area (Å²) < 4.78 is 10.4. The van der Waals surface area contributed by atoms with E-state index in [1.165, 1.54) is 0 Å². The van der Waals surface area contributed by atoms with E-state index in [9.17, 15) is 0 Å². The van der Waals surface area contributed by atoms with Crippen LogP contribution >= 0.6 is 0 Å². The smallest absolute Gasteiger partial charge is 0.164 e. The predicted molar refractivity (Wildman–Crippen MR) is 37.0 cm³/mol. The van der Waals surface area contributed by atoms with Gasteiger partial charge < -0.3 is 9.47 Å². The molecule has 2 nitrogen and oxygen atoms in total. The standard InChI is InChI=1S/C8H8O2/c1-6-8-7(2-4-9-6)3-5-10-8/h2-4H,5H2,1H3. The molecule has 2 rings (SSSR count). The van der Waals surface area contributed by atoms with Gasteiger partial charge in [0.2, 0.25) is 0 Å². The molecule has 52 valence electrons. The molecule has 0 N–H and O–H groups in total. The summed E-state index contributed by atoms with van der Waals surface area (Å²) in [6.45, 7) is 2.58. The van der Waals surface area contributed by atoms with Crippen molar-refractivity contribution in [3.8, 4) is 0 Å². The number of hydrogen-bond donors (Lipinski definition) is 0. The summed E-state index contributed by atoms with van der Waals surface area (Å²) in [5.74, 6) is 1.74. The second kappa shape index (κ2) is 1.90. The molecule has 2 heterocycles. The van der Waals surface area contributed by atoms with Gasteiger partial charge in [0.25, 0.3) is 0 Å². The van der Waals surface area contributed by atoms with Gasteiger partial charge in [0.1, 0.15) is 12.4 Å². The largest absolute Gasteiger partial charge is 0.485 e. The van der Waals surface area contributed by atoms with Crippen molar-refractivity contribution in [1.82, 2.24) is 0 Å². The Labute approximate surface area is 59.4 Å². The Morgan fingerprint density at radius 3 is 3.20 bits per heavy atom. The number of fused-ring (bicyclic) bond motifs is 1. The summed E-state index contributed by atoms with van der Waals surface area (Å²) >= 11 is 0. The second-order valence-corrected chi connectivity index (χ2v) is 2.28. The minimum Gasteiger partial charge on any atom is -0.485 e. The molecule has 2 heteroatoms. The Hall–Kier alpha value is -1.18. The van der Waals surface area contributed by atoms with Gasteiger partial charge in [-0.25, -0.2) is 0 Å². The van der Waals surface area contributed by atoms with E-state index in [4.69, 9.17) is 9.47 Å². The first-order valence-electron chi connectivity index (χ1n) is 3.25.